The fourth-order valence-corrected chi connectivity index (χ4v) is 3.21. The molecule has 0 N–H and O–H groups in total. The second-order valence-electron chi connectivity index (χ2n) is 6.55. The average molecular weight is 304 g/mol. The molecule has 1 rings (SSSR count). The Balaban J connectivity index is 2.89. The van der Waals surface area contributed by atoms with Crippen LogP contribution in [-0.4, -0.2) is 0 Å². The highest BCUT2D eigenvalue weighted by atomic mass is 16.3. The van der Waals surface area contributed by atoms with Crippen molar-refractivity contribution >= 4 is 0 Å². The van der Waals surface area contributed by atoms with Crippen molar-refractivity contribution in [2.45, 2.75) is 97.8 Å². The lowest BCUT2D eigenvalue weighted by atomic mass is 9.90. The summed E-state index contributed by atoms with van der Waals surface area (Å²) in [6.07, 6.45) is 14.4. The molecule has 0 heterocycles. The minimum absolute atomic E-state index is 0.279. The number of unbranched alkanes of at least 4 members (excludes halogenated alkanes) is 6. The topological polar surface area (TPSA) is 19.9 Å². The fourth-order valence-electron chi connectivity index (χ4n) is 3.21. The summed E-state index contributed by atoms with van der Waals surface area (Å²) in [6.45, 7) is 6.72. The van der Waals surface area contributed by atoms with Crippen LogP contribution in [0.4, 0.5) is 0 Å². The van der Waals surface area contributed by atoms with Gasteiger partial charge in [-0.15, -0.1) is 0 Å². The first-order valence-electron chi connectivity index (χ1n) is 9.55. The molecule has 0 spiro atoms. The molecule has 22 heavy (non-hydrogen) atoms. The quantitative estimate of drug-likeness (QED) is 0.369. The summed E-state index contributed by atoms with van der Waals surface area (Å²) in [5.74, 6) is 0.279. The number of hydrogen-bond donors (Lipinski definition) is 0. The molecular formula is C21H35O. The zero-order valence-electron chi connectivity index (χ0n) is 15.0. The molecule has 1 heteroatoms. The zero-order valence-corrected chi connectivity index (χ0v) is 15.0. The van der Waals surface area contributed by atoms with Gasteiger partial charge >= 0.3 is 0 Å². The predicted octanol–water partition coefficient (Wildman–Crippen LogP) is 7.03. The highest BCUT2D eigenvalue weighted by Crippen LogP contribution is 2.30. The monoisotopic (exact) mass is 303 g/mol. The maximum absolute atomic E-state index is 12.3. The van der Waals surface area contributed by atoms with Crippen LogP contribution in [0.2, 0.25) is 0 Å². The first-order chi connectivity index (χ1) is 10.7. The molecule has 1 radical (unpaired) electrons. The van der Waals surface area contributed by atoms with Gasteiger partial charge in [-0.3, -0.25) is 5.11 Å². The van der Waals surface area contributed by atoms with E-state index in [9.17, 15) is 5.11 Å². The lowest BCUT2D eigenvalue weighted by Gasteiger charge is -2.16. The molecule has 0 bridgehead atoms. The number of rotatable bonds is 12. The molecule has 0 aliphatic heterocycles. The van der Waals surface area contributed by atoms with Crippen LogP contribution in [0, 0.1) is 0 Å². The Morgan fingerprint density at radius 1 is 0.636 bits per heavy atom. The SMILES string of the molecule is CCCCCc1ccc([O])c(CCCCC)c1CCCCC. The molecule has 0 aliphatic rings. The number of benzene rings is 1. The van der Waals surface area contributed by atoms with E-state index in [-0.39, 0.29) is 5.75 Å². The lowest BCUT2D eigenvalue weighted by molar-refractivity contribution is 0.348. The molecule has 0 atom stereocenters. The van der Waals surface area contributed by atoms with Crippen LogP contribution < -0.4 is 0 Å². The van der Waals surface area contributed by atoms with E-state index in [0.29, 0.717) is 0 Å². The molecule has 1 aromatic carbocycles. The second kappa shape index (κ2) is 11.6. The van der Waals surface area contributed by atoms with Gasteiger partial charge in [0.15, 0.2) is 5.75 Å². The van der Waals surface area contributed by atoms with Gasteiger partial charge < -0.3 is 0 Å². The molecule has 0 aliphatic carbocycles. The van der Waals surface area contributed by atoms with E-state index in [2.05, 4.69) is 26.8 Å². The molecule has 1 aromatic rings. The van der Waals surface area contributed by atoms with Crippen molar-refractivity contribution in [2.75, 3.05) is 0 Å². The van der Waals surface area contributed by atoms with E-state index < -0.39 is 0 Å². The average Bonchev–Trinajstić information content (AvgIpc) is 2.52. The van der Waals surface area contributed by atoms with Crippen molar-refractivity contribution in [1.29, 1.82) is 0 Å². The summed E-state index contributed by atoms with van der Waals surface area (Å²) in [4.78, 5) is 0. The van der Waals surface area contributed by atoms with Gasteiger partial charge in [-0.1, -0.05) is 65.4 Å². The van der Waals surface area contributed by atoms with Gasteiger partial charge in [0.2, 0.25) is 0 Å². The van der Waals surface area contributed by atoms with Crippen LogP contribution in [-0.2, 0) is 24.4 Å². The molecule has 125 valence electrons. The molecule has 0 saturated heterocycles. The zero-order chi connectivity index (χ0) is 16.2. The molecule has 0 aromatic heterocycles. The van der Waals surface area contributed by atoms with Crippen molar-refractivity contribution in [3.63, 3.8) is 0 Å². The maximum Gasteiger partial charge on any atom is 0.182 e. The van der Waals surface area contributed by atoms with Crippen molar-refractivity contribution in [2.24, 2.45) is 0 Å². The largest absolute Gasteiger partial charge is 0.290 e. The minimum atomic E-state index is 0.279. The Kier molecular flexibility index (Phi) is 10.0. The molecular weight excluding hydrogens is 268 g/mol. The predicted molar refractivity (Wildman–Crippen MR) is 96.3 cm³/mol. The Bertz CT molecular complexity index is 409. The van der Waals surface area contributed by atoms with Gasteiger partial charge in [-0.2, -0.15) is 0 Å². The number of aryl methyl sites for hydroxylation is 1. The van der Waals surface area contributed by atoms with E-state index in [1.165, 1.54) is 62.5 Å². The lowest BCUT2D eigenvalue weighted by Crippen LogP contribution is -2.02. The van der Waals surface area contributed by atoms with Crippen LogP contribution >= 0.6 is 0 Å². The van der Waals surface area contributed by atoms with Crippen LogP contribution in [0.5, 0.6) is 5.75 Å². The Morgan fingerprint density at radius 3 is 1.68 bits per heavy atom. The molecule has 0 amide bonds. The second-order valence-corrected chi connectivity index (χ2v) is 6.55. The van der Waals surface area contributed by atoms with Crippen molar-refractivity contribution in [1.82, 2.24) is 0 Å². The Hall–Kier alpha value is -0.980. The van der Waals surface area contributed by atoms with Crippen molar-refractivity contribution in [3.8, 4) is 5.75 Å². The summed E-state index contributed by atoms with van der Waals surface area (Å²) < 4.78 is 0. The van der Waals surface area contributed by atoms with Gasteiger partial charge in [-0.25, -0.2) is 0 Å². The standard InChI is InChI=1S/C21H35O/c1-4-7-10-13-18-16-17-21(22)20(15-12-9-6-3)19(18)14-11-8-5-2/h16-17H,4-15H2,1-3H3. The first-order valence-corrected chi connectivity index (χ1v) is 9.55. The summed E-state index contributed by atoms with van der Waals surface area (Å²) in [7, 11) is 0. The van der Waals surface area contributed by atoms with Crippen LogP contribution in [0.3, 0.4) is 0 Å². The molecule has 0 unspecified atom stereocenters. The third-order valence-electron chi connectivity index (χ3n) is 4.60. The van der Waals surface area contributed by atoms with Crippen LogP contribution in [0.25, 0.3) is 0 Å². The summed E-state index contributed by atoms with van der Waals surface area (Å²) in [6, 6.07) is 3.94. The first kappa shape index (κ1) is 19.1. The Labute approximate surface area is 138 Å². The normalized spacial score (nSPS) is 11.0. The molecule has 1 nitrogen and oxygen atoms in total. The van der Waals surface area contributed by atoms with E-state index in [1.807, 2.05) is 6.07 Å². The number of hydrogen-bond acceptors (Lipinski definition) is 0. The van der Waals surface area contributed by atoms with Crippen molar-refractivity contribution in [3.05, 3.63) is 28.8 Å². The highest BCUT2D eigenvalue weighted by Gasteiger charge is 2.13. The summed E-state index contributed by atoms with van der Waals surface area (Å²) in [5, 5.41) is 12.3. The van der Waals surface area contributed by atoms with Crippen LogP contribution in [0.1, 0.15) is 95.2 Å². The van der Waals surface area contributed by atoms with E-state index in [4.69, 9.17) is 0 Å². The minimum Gasteiger partial charge on any atom is -0.290 e. The Morgan fingerprint density at radius 2 is 1.14 bits per heavy atom. The van der Waals surface area contributed by atoms with Crippen LogP contribution in [0.15, 0.2) is 12.1 Å². The van der Waals surface area contributed by atoms with Gasteiger partial charge in [0.05, 0.1) is 0 Å². The van der Waals surface area contributed by atoms with Crippen molar-refractivity contribution < 1.29 is 5.11 Å². The maximum atomic E-state index is 12.3. The van der Waals surface area contributed by atoms with E-state index >= 15 is 0 Å². The molecule has 0 fully saturated rings. The summed E-state index contributed by atoms with van der Waals surface area (Å²) >= 11 is 0. The van der Waals surface area contributed by atoms with E-state index in [0.717, 1.165) is 31.2 Å². The fraction of sp³-hybridized carbons (Fsp3) is 0.714. The van der Waals surface area contributed by atoms with Gasteiger partial charge in [0, 0.05) is 5.56 Å². The molecule has 0 saturated carbocycles. The third-order valence-corrected chi connectivity index (χ3v) is 4.60. The summed E-state index contributed by atoms with van der Waals surface area (Å²) in [5.41, 5.74) is 4.00. The third kappa shape index (κ3) is 6.42. The van der Waals surface area contributed by atoms with E-state index in [1.54, 1.807) is 0 Å². The smallest absolute Gasteiger partial charge is 0.182 e. The van der Waals surface area contributed by atoms with Gasteiger partial charge in [0.25, 0.3) is 0 Å². The van der Waals surface area contributed by atoms with Gasteiger partial charge in [0.1, 0.15) is 0 Å². The van der Waals surface area contributed by atoms with Gasteiger partial charge in [-0.05, 0) is 55.7 Å². The highest BCUT2D eigenvalue weighted by molar-refractivity contribution is 5.44.